The van der Waals surface area contributed by atoms with E-state index in [-0.39, 0.29) is 85.6 Å². The minimum absolute atomic E-state index is 0.0134. The first kappa shape index (κ1) is 49.8. The van der Waals surface area contributed by atoms with Gasteiger partial charge in [-0.1, -0.05) is 97.5 Å². The third-order valence-corrected chi connectivity index (χ3v) is 13.3. The van der Waals surface area contributed by atoms with Crippen LogP contribution in [0.1, 0.15) is 95.8 Å². The van der Waals surface area contributed by atoms with E-state index in [9.17, 15) is 24.0 Å². The van der Waals surface area contributed by atoms with E-state index in [2.05, 4.69) is 41.1 Å². The Labute approximate surface area is 399 Å². The second-order valence-corrected chi connectivity index (χ2v) is 18.6. The lowest BCUT2D eigenvalue weighted by Crippen LogP contribution is -2.50. The van der Waals surface area contributed by atoms with Crippen LogP contribution in [0.3, 0.4) is 0 Å². The number of benzene rings is 3. The number of para-hydroxylation sites is 1. The molecule has 9 atom stereocenters. The van der Waals surface area contributed by atoms with E-state index in [1.165, 1.54) is 13.2 Å². The van der Waals surface area contributed by atoms with Gasteiger partial charge in [0, 0.05) is 36.9 Å². The molecule has 7 rings (SSSR count). The van der Waals surface area contributed by atoms with Gasteiger partial charge in [-0.25, -0.2) is 4.79 Å². The number of esters is 2. The van der Waals surface area contributed by atoms with Gasteiger partial charge in [0.1, 0.15) is 18.8 Å². The minimum Gasteiger partial charge on any atom is -0.469 e. The van der Waals surface area contributed by atoms with E-state index >= 15 is 0 Å². The molecule has 0 bridgehead atoms. The number of alkyl carbamates (subject to hydrolysis) is 1. The number of carbonyl (C=O) groups is 5. The van der Waals surface area contributed by atoms with Crippen LogP contribution < -0.4 is 16.0 Å². The Morgan fingerprint density at radius 1 is 0.882 bits per heavy atom. The van der Waals surface area contributed by atoms with Crippen molar-refractivity contribution < 1.29 is 52.4 Å². The number of allylic oxidation sites excluding steroid dienone is 2. The number of amides is 3. The van der Waals surface area contributed by atoms with Crippen molar-refractivity contribution in [1.82, 2.24) is 10.6 Å². The predicted octanol–water partition coefficient (Wildman–Crippen LogP) is 8.04. The fourth-order valence-corrected chi connectivity index (χ4v) is 9.37. The van der Waals surface area contributed by atoms with Crippen LogP contribution in [0.4, 0.5) is 10.5 Å². The maximum Gasteiger partial charge on any atom is 0.407 e. The van der Waals surface area contributed by atoms with Gasteiger partial charge in [0.05, 0.1) is 56.2 Å². The summed E-state index contributed by atoms with van der Waals surface area (Å²) in [5.74, 6) is -1.41. The predicted molar refractivity (Wildman–Crippen MR) is 257 cm³/mol. The number of methoxy groups -OCH3 is 1. The highest BCUT2D eigenvalue weighted by Crippen LogP contribution is 2.45. The Morgan fingerprint density at radius 2 is 1.57 bits per heavy atom. The smallest absolute Gasteiger partial charge is 0.407 e. The maximum atomic E-state index is 13.2. The number of ether oxygens (including phenoxy) is 6. The van der Waals surface area contributed by atoms with Crippen molar-refractivity contribution in [2.45, 2.75) is 134 Å². The van der Waals surface area contributed by atoms with Gasteiger partial charge in [-0.3, -0.25) is 19.2 Å². The molecule has 3 aliphatic heterocycles. The molecule has 3 heterocycles. The van der Waals surface area contributed by atoms with Crippen molar-refractivity contribution in [3.8, 4) is 11.1 Å². The van der Waals surface area contributed by atoms with Crippen molar-refractivity contribution in [2.24, 2.45) is 5.92 Å². The molecule has 3 aromatic rings. The highest BCUT2D eigenvalue weighted by molar-refractivity contribution is 5.97. The Kier molecular flexibility index (Phi) is 16.7. The molecule has 14 nitrogen and oxygen atoms in total. The number of anilines is 1. The zero-order chi connectivity index (χ0) is 48.4. The van der Waals surface area contributed by atoms with Crippen LogP contribution in [-0.2, 0) is 54.0 Å². The van der Waals surface area contributed by atoms with E-state index < -0.39 is 30.1 Å². The third-order valence-electron chi connectivity index (χ3n) is 13.3. The van der Waals surface area contributed by atoms with E-state index in [0.717, 1.165) is 52.7 Å². The average Bonchev–Trinajstić information content (AvgIpc) is 3.98. The molecule has 0 saturated carbocycles. The van der Waals surface area contributed by atoms with Gasteiger partial charge in [0.25, 0.3) is 0 Å². The lowest BCUT2D eigenvalue weighted by atomic mass is 9.88. The van der Waals surface area contributed by atoms with Gasteiger partial charge in [0.15, 0.2) is 0 Å². The largest absolute Gasteiger partial charge is 0.469 e. The van der Waals surface area contributed by atoms with Crippen molar-refractivity contribution in [3.63, 3.8) is 0 Å². The van der Waals surface area contributed by atoms with Gasteiger partial charge in [-0.2, -0.15) is 0 Å². The molecule has 14 heteroatoms. The molecule has 68 heavy (non-hydrogen) atoms. The van der Waals surface area contributed by atoms with Gasteiger partial charge < -0.3 is 44.4 Å². The van der Waals surface area contributed by atoms with Crippen LogP contribution in [0.5, 0.6) is 0 Å². The van der Waals surface area contributed by atoms with E-state index in [1.54, 1.807) is 32.1 Å². The molecule has 362 valence electrons. The molecule has 3 fully saturated rings. The van der Waals surface area contributed by atoms with Crippen molar-refractivity contribution in [3.05, 3.63) is 125 Å². The Balaban J connectivity index is 0.797. The topological polar surface area (TPSA) is 180 Å². The van der Waals surface area contributed by atoms with Gasteiger partial charge >= 0.3 is 18.0 Å². The molecule has 0 radical (unpaired) electrons. The summed E-state index contributed by atoms with van der Waals surface area (Å²) in [4.78, 5) is 63.8. The highest BCUT2D eigenvalue weighted by atomic mass is 16.6. The summed E-state index contributed by atoms with van der Waals surface area (Å²) < 4.78 is 34.3. The van der Waals surface area contributed by atoms with Crippen LogP contribution in [0.25, 0.3) is 11.1 Å². The van der Waals surface area contributed by atoms with Gasteiger partial charge in [-0.15, -0.1) is 0 Å². The molecule has 3 N–H and O–H groups in total. The number of epoxide rings is 1. The molecule has 3 saturated heterocycles. The monoisotopic (exact) mass is 931 g/mol. The molecule has 0 unspecified atom stereocenters. The third kappa shape index (κ3) is 13.3. The zero-order valence-electron chi connectivity index (χ0n) is 39.9. The number of hydrogen-bond acceptors (Lipinski definition) is 11. The fraction of sp³-hybridized carbons (Fsp3) is 0.463. The first-order valence-electron chi connectivity index (χ1n) is 23.7. The SMILES string of the molecule is COC(=O)C[C@@H]1C[C@]2(CO2)C[C@@H](C=CC(C)=CC[C@@H]2O[C@H](C)[C@H](NC(=O)C=C[C@H](C)OC(=O)CCc3ccccc3NC(=O)[C@H](C)NC(=O)OCC3c4ccccc4-c4ccccc43)C[C@@H]2C)O1. The van der Waals surface area contributed by atoms with E-state index in [4.69, 9.17) is 28.4 Å². The van der Waals surface area contributed by atoms with Crippen LogP contribution in [0.2, 0.25) is 0 Å². The molecule has 3 aromatic carbocycles. The number of nitrogens with one attached hydrogen (secondary N) is 3. The van der Waals surface area contributed by atoms with Crippen LogP contribution >= 0.6 is 0 Å². The second-order valence-electron chi connectivity index (χ2n) is 18.6. The maximum absolute atomic E-state index is 13.2. The van der Waals surface area contributed by atoms with Crippen LogP contribution in [0, 0.1) is 5.92 Å². The zero-order valence-corrected chi connectivity index (χ0v) is 39.9. The van der Waals surface area contributed by atoms with Crippen LogP contribution in [-0.4, -0.2) is 98.4 Å². The number of rotatable bonds is 18. The summed E-state index contributed by atoms with van der Waals surface area (Å²) in [5, 5.41) is 8.55. The number of fused-ring (bicyclic) bond motifs is 3. The first-order valence-corrected chi connectivity index (χ1v) is 23.7. The standard InChI is InChI=1S/C54H65N3O11/c1-33(19-23-39-29-54(32-65-54)30-40(68-39)28-51(60)63-6)20-24-48-34(2)27-47(37(5)67-48)56-49(58)25-21-35(3)66-50(59)26-22-38-13-7-12-18-46(38)57-52(61)36(4)55-53(62)64-31-45-43-16-10-8-14-41(43)42-15-9-11-17-44(42)45/h7-21,23,25,34-37,39-40,45,47-48H,22,24,26-32H2,1-6H3,(H,55,62)(H,56,58)(H,57,61)/t34-,35-,36-,37+,39+,40+,47+,48-,54-/m0/s1. The summed E-state index contributed by atoms with van der Waals surface area (Å²) in [6, 6.07) is 22.2. The number of hydrogen-bond donors (Lipinski definition) is 3. The van der Waals surface area contributed by atoms with Crippen LogP contribution in [0.15, 0.2) is 109 Å². The van der Waals surface area contributed by atoms with Gasteiger partial charge in [-0.05, 0) is 92.8 Å². The molecule has 0 aromatic heterocycles. The Morgan fingerprint density at radius 3 is 2.28 bits per heavy atom. The quantitative estimate of drug-likeness (QED) is 0.0370. The number of aryl methyl sites for hydroxylation is 1. The van der Waals surface area contributed by atoms with Crippen molar-refractivity contribution >= 4 is 35.5 Å². The molecular formula is C54H65N3O11. The molecular weight excluding hydrogens is 867 g/mol. The molecule has 3 amide bonds. The summed E-state index contributed by atoms with van der Waals surface area (Å²) in [5.41, 5.74) is 6.55. The Hall–Kier alpha value is -6.09. The normalized spacial score (nSPS) is 25.2. The molecule has 1 aliphatic carbocycles. The van der Waals surface area contributed by atoms with E-state index in [1.807, 2.05) is 74.5 Å². The average molecular weight is 932 g/mol. The van der Waals surface area contributed by atoms with Crippen molar-refractivity contribution in [2.75, 3.05) is 25.6 Å². The number of carbonyl (C=O) groups excluding carboxylic acids is 5. The van der Waals surface area contributed by atoms with Gasteiger partial charge in [0.2, 0.25) is 11.8 Å². The second kappa shape index (κ2) is 22.8. The lowest BCUT2D eigenvalue weighted by molar-refractivity contribution is -0.147. The summed E-state index contributed by atoms with van der Waals surface area (Å²) >= 11 is 0. The first-order chi connectivity index (χ1) is 32.7. The summed E-state index contributed by atoms with van der Waals surface area (Å²) in [6.07, 6.45) is 10.7. The highest BCUT2D eigenvalue weighted by Gasteiger charge is 2.51. The molecule has 1 spiro atoms. The summed E-state index contributed by atoms with van der Waals surface area (Å²) in [7, 11) is 1.38. The molecule has 4 aliphatic rings. The van der Waals surface area contributed by atoms with Crippen molar-refractivity contribution in [1.29, 1.82) is 0 Å². The minimum atomic E-state index is -0.903. The lowest BCUT2D eigenvalue weighted by Gasteiger charge is -2.39. The summed E-state index contributed by atoms with van der Waals surface area (Å²) in [6.45, 7) is 10.2. The Bertz CT molecular complexity index is 2340. The fourth-order valence-electron chi connectivity index (χ4n) is 9.37. The van der Waals surface area contributed by atoms with E-state index in [0.29, 0.717) is 18.7 Å².